The number of ether oxygens (including phenoxy) is 1. The second kappa shape index (κ2) is 6.59. The summed E-state index contributed by atoms with van der Waals surface area (Å²) < 4.78 is 98.1. The first-order chi connectivity index (χ1) is 12.2. The van der Waals surface area contributed by atoms with Gasteiger partial charge in [-0.1, -0.05) is 17.7 Å². The predicted octanol–water partition coefficient (Wildman–Crippen LogP) is 4.23. The summed E-state index contributed by atoms with van der Waals surface area (Å²) in [6, 6.07) is 2.59. The molecule has 1 N–H and O–H groups in total. The zero-order valence-electron chi connectivity index (χ0n) is 12.9. The predicted molar refractivity (Wildman–Crippen MR) is 78.6 cm³/mol. The van der Waals surface area contributed by atoms with Gasteiger partial charge in [-0.05, 0) is 12.1 Å². The molecule has 1 aromatic heterocycles. The van der Waals surface area contributed by atoms with E-state index in [0.717, 1.165) is 19.2 Å². The van der Waals surface area contributed by atoms with Crippen LogP contribution in [0.15, 0.2) is 27.4 Å². The van der Waals surface area contributed by atoms with Crippen LogP contribution in [-0.4, -0.2) is 31.0 Å². The highest BCUT2D eigenvalue weighted by Gasteiger charge is 2.76. The maximum atomic E-state index is 13.3. The van der Waals surface area contributed by atoms with Crippen LogP contribution < -0.4 is 15.7 Å². The molecule has 1 heterocycles. The number of hydrogen-bond donors (Lipinski definition) is 1. The summed E-state index contributed by atoms with van der Waals surface area (Å²) in [7, 11) is 1.13. The number of alkyl halides is 7. The number of carbonyl (C=O) groups excluding carboxylic acids is 1. The van der Waals surface area contributed by atoms with Crippen LogP contribution in [-0.2, 0) is 4.79 Å². The molecule has 0 aliphatic rings. The summed E-state index contributed by atoms with van der Waals surface area (Å²) in [6.07, 6.45) is -6.66. The summed E-state index contributed by atoms with van der Waals surface area (Å²) in [5.41, 5.74) is -1.76. The fraction of sp³-hybridized carbons (Fsp3) is 0.286. The highest BCUT2D eigenvalue weighted by atomic mass is 35.5. The van der Waals surface area contributed by atoms with E-state index in [0.29, 0.717) is 6.07 Å². The molecular formula is C14H7ClF7NO4. The largest absolute Gasteiger partial charge is 0.467 e. The van der Waals surface area contributed by atoms with Crippen LogP contribution in [0, 0.1) is 0 Å². The van der Waals surface area contributed by atoms with Crippen LogP contribution in [0.2, 0.25) is 5.02 Å². The van der Waals surface area contributed by atoms with Gasteiger partial charge in [0.1, 0.15) is 5.02 Å². The van der Waals surface area contributed by atoms with Crippen LogP contribution >= 0.6 is 11.6 Å². The van der Waals surface area contributed by atoms with E-state index in [9.17, 15) is 40.3 Å². The zero-order chi connectivity index (χ0) is 20.8. The Bertz CT molecular complexity index is 955. The molecule has 13 heteroatoms. The molecule has 0 bridgehead atoms. The molecule has 0 atom stereocenters. The van der Waals surface area contributed by atoms with Gasteiger partial charge in [-0.3, -0.25) is 4.79 Å². The van der Waals surface area contributed by atoms with E-state index in [1.54, 1.807) is 0 Å². The first-order valence-electron chi connectivity index (χ1n) is 6.68. The number of hydrogen-bond acceptors (Lipinski definition) is 4. The molecule has 27 heavy (non-hydrogen) atoms. The minimum absolute atomic E-state index is 0.00449. The van der Waals surface area contributed by atoms with Gasteiger partial charge >= 0.3 is 35.5 Å². The molecule has 2 rings (SSSR count). The van der Waals surface area contributed by atoms with E-state index in [4.69, 9.17) is 11.6 Å². The van der Waals surface area contributed by atoms with Gasteiger partial charge in [0.25, 0.3) is 0 Å². The van der Waals surface area contributed by atoms with Gasteiger partial charge in [0.15, 0.2) is 0 Å². The fourth-order valence-electron chi connectivity index (χ4n) is 1.94. The Morgan fingerprint density at radius 3 is 2.22 bits per heavy atom. The first-order valence-corrected chi connectivity index (χ1v) is 7.06. The summed E-state index contributed by atoms with van der Waals surface area (Å²) in [6.45, 7) is 0. The lowest BCUT2D eigenvalue weighted by Crippen LogP contribution is -2.57. The lowest BCUT2D eigenvalue weighted by atomic mass is 10.1. The molecule has 1 amide bonds. The van der Waals surface area contributed by atoms with Crippen molar-refractivity contribution in [2.75, 3.05) is 12.4 Å². The van der Waals surface area contributed by atoms with Crippen molar-refractivity contribution in [1.29, 1.82) is 0 Å². The van der Waals surface area contributed by atoms with Crippen molar-refractivity contribution in [3.63, 3.8) is 0 Å². The van der Waals surface area contributed by atoms with E-state index < -0.39 is 35.2 Å². The maximum Gasteiger partial charge on any atom is 0.460 e. The van der Waals surface area contributed by atoms with E-state index in [1.165, 1.54) is 5.32 Å². The molecule has 0 fully saturated rings. The second-order valence-corrected chi connectivity index (χ2v) is 5.43. The zero-order valence-corrected chi connectivity index (χ0v) is 13.6. The highest BCUT2D eigenvalue weighted by molar-refractivity contribution is 6.36. The molecule has 0 radical (unpaired) electrons. The minimum atomic E-state index is -6.66. The molecule has 0 aliphatic carbocycles. The van der Waals surface area contributed by atoms with E-state index >= 15 is 0 Å². The Balaban J connectivity index is 2.43. The van der Waals surface area contributed by atoms with Crippen molar-refractivity contribution >= 4 is 34.0 Å². The van der Waals surface area contributed by atoms with Gasteiger partial charge in [-0.2, -0.15) is 30.7 Å². The summed E-state index contributed by atoms with van der Waals surface area (Å²) in [5, 5.41) is 0.633. The number of nitrogens with one attached hydrogen (secondary N) is 1. The number of methoxy groups -OCH3 is 1. The van der Waals surface area contributed by atoms with Gasteiger partial charge in [0.2, 0.25) is 0 Å². The quantitative estimate of drug-likeness (QED) is 0.750. The van der Waals surface area contributed by atoms with Crippen molar-refractivity contribution in [1.82, 2.24) is 0 Å². The number of amides is 1. The van der Waals surface area contributed by atoms with E-state index in [-0.39, 0.29) is 21.7 Å². The monoisotopic (exact) mass is 421 g/mol. The maximum absolute atomic E-state index is 13.3. The highest BCUT2D eigenvalue weighted by Crippen LogP contribution is 2.47. The topological polar surface area (TPSA) is 68.5 Å². The Morgan fingerprint density at radius 2 is 1.70 bits per heavy atom. The Labute approximate surface area is 149 Å². The van der Waals surface area contributed by atoms with Gasteiger partial charge in [0, 0.05) is 11.1 Å². The number of halogens is 8. The molecule has 148 valence electrons. The smallest absolute Gasteiger partial charge is 0.460 e. The van der Waals surface area contributed by atoms with Crippen LogP contribution in [0.5, 0.6) is 5.95 Å². The normalized spacial score (nSPS) is 12.9. The number of rotatable bonds is 4. The SMILES string of the molecule is COc1oc(=O)c2cc(NC(=O)C(F)(F)C(F)(F)C(F)(F)F)ccc2c1Cl. The third-order valence-electron chi connectivity index (χ3n) is 3.32. The van der Waals surface area contributed by atoms with E-state index in [1.807, 2.05) is 0 Å². The fourth-order valence-corrected chi connectivity index (χ4v) is 2.22. The third kappa shape index (κ3) is 3.40. The molecule has 1 aromatic carbocycles. The van der Waals surface area contributed by atoms with Crippen molar-refractivity contribution < 1.29 is 44.7 Å². The average Bonchev–Trinajstić information content (AvgIpc) is 2.56. The van der Waals surface area contributed by atoms with Crippen molar-refractivity contribution in [2.24, 2.45) is 0 Å². The molecule has 0 unspecified atom stereocenters. The molecule has 5 nitrogen and oxygen atoms in total. The summed E-state index contributed by atoms with van der Waals surface area (Å²) in [4.78, 5) is 23.1. The minimum Gasteiger partial charge on any atom is -0.467 e. The Hall–Kier alpha value is -2.50. The van der Waals surface area contributed by atoms with Crippen molar-refractivity contribution in [2.45, 2.75) is 18.0 Å². The van der Waals surface area contributed by atoms with Crippen molar-refractivity contribution in [3.05, 3.63) is 33.6 Å². The average molecular weight is 422 g/mol. The van der Waals surface area contributed by atoms with Crippen LogP contribution in [0.25, 0.3) is 10.8 Å². The lowest BCUT2D eigenvalue weighted by molar-refractivity contribution is -0.343. The number of fused-ring (bicyclic) bond motifs is 1. The molecular weight excluding hydrogens is 415 g/mol. The van der Waals surface area contributed by atoms with Gasteiger partial charge in [-0.15, -0.1) is 0 Å². The summed E-state index contributed by atoms with van der Waals surface area (Å²) in [5.74, 6) is -16.0. The van der Waals surface area contributed by atoms with Crippen LogP contribution in [0.1, 0.15) is 0 Å². The molecule has 2 aromatic rings. The number of carbonyl (C=O) groups is 1. The lowest BCUT2D eigenvalue weighted by Gasteiger charge is -2.27. The number of benzene rings is 1. The standard InChI is InChI=1S/C14H7ClF7NO4/c1-26-10-8(15)6-3-2-5(4-7(6)9(24)27-10)23-11(25)12(16,17)13(18,19)14(20,21)22/h2-4H,1H3,(H,23,25). The van der Waals surface area contributed by atoms with Gasteiger partial charge in [0.05, 0.1) is 12.5 Å². The Morgan fingerprint density at radius 1 is 1.11 bits per heavy atom. The number of anilines is 1. The first kappa shape index (κ1) is 20.8. The Kier molecular flexibility index (Phi) is 5.08. The van der Waals surface area contributed by atoms with Crippen LogP contribution in [0.3, 0.4) is 0 Å². The second-order valence-electron chi connectivity index (χ2n) is 5.06. The van der Waals surface area contributed by atoms with Crippen LogP contribution in [0.4, 0.5) is 36.4 Å². The van der Waals surface area contributed by atoms with Crippen molar-refractivity contribution in [3.8, 4) is 5.95 Å². The molecule has 0 saturated carbocycles. The molecule has 0 spiro atoms. The molecule has 0 aliphatic heterocycles. The third-order valence-corrected chi connectivity index (χ3v) is 3.68. The van der Waals surface area contributed by atoms with E-state index in [2.05, 4.69) is 9.15 Å². The van der Waals surface area contributed by atoms with Gasteiger partial charge < -0.3 is 14.5 Å². The molecule has 0 saturated heterocycles. The summed E-state index contributed by atoms with van der Waals surface area (Å²) >= 11 is 5.87. The van der Waals surface area contributed by atoms with Gasteiger partial charge in [-0.25, -0.2) is 4.79 Å².